The molecular formula is C93H125BBr3ClN16O17Si3. The number of Topliss-reactive ketones (excluding diaryl/α,β-unsaturated/α-hetero) is 2. The lowest BCUT2D eigenvalue weighted by Crippen LogP contribution is -2.41. The van der Waals surface area contributed by atoms with Crippen molar-refractivity contribution in [3.8, 4) is 45.6 Å². The van der Waals surface area contributed by atoms with Gasteiger partial charge in [-0.15, -0.1) is 0 Å². The summed E-state index contributed by atoms with van der Waals surface area (Å²) in [4.78, 5) is 112. The normalized spacial score (nSPS) is 12.3. The van der Waals surface area contributed by atoms with Gasteiger partial charge in [-0.05, 0) is 230 Å². The van der Waals surface area contributed by atoms with E-state index in [1.165, 1.54) is 12.1 Å². The lowest BCUT2D eigenvalue weighted by atomic mass is 9.76. The molecule has 11 aromatic heterocycles. The third-order valence-corrected chi connectivity index (χ3v) is 26.4. The zero-order valence-corrected chi connectivity index (χ0v) is 88.5. The number of aryl methyl sites for hydroxylation is 5. The van der Waals surface area contributed by atoms with Crippen LogP contribution < -0.4 is 5.46 Å². The molecule has 33 nitrogen and oxygen atoms in total. The molecule has 1 saturated heterocycles. The van der Waals surface area contributed by atoms with Gasteiger partial charge in [0.2, 0.25) is 11.4 Å². The van der Waals surface area contributed by atoms with Crippen molar-refractivity contribution in [1.29, 1.82) is 0 Å². The number of hydrogen-bond donors (Lipinski definition) is 2. The second-order valence-electron chi connectivity index (χ2n) is 34.4. The Kier molecular flexibility index (Phi) is 46.4. The standard InChI is InChI=1S/C24H38BN3O5Si.C18H26BrN3O3Si.C12H12BrN3O2.C12H13N3O2.C12H13NO4.C8H4BrN3.C6H15ClOSi.CH4/c1-10-31-22(29)21-19(25-32-23(3,4)24(5,6)33-25)20(18-13-11-12-17(2)26-18)27-28(21)16-30-14-15-34(7,8)9;1-6-25-18(23)17-15(19)16(14-9-7-8-13(2)20-14)21-22(17)12-24-10-11-26(3,4)5;1-3-18-12(17)11-9(13)10(15-16-11)8-6-4-5-7(2)14-8;1-3-17-12(16)11-7-10(14-15-11)9-6-4-5-8(2)13-9;1-3-17-12(16)11(15)7-10(14)9-6-4-5-8(2)13-9;1-10-8-4-11-7-3-2-6(9)5-12(7)8;1-9(2,3)5-4-8-6-7;/h11-13H,10,14-16H2,1-9H3;7-9H,6,10-12H2,1-5H3;4-6H,3H2,1-2H3,(H,15,16);4-7H,3H2,1-2H3,(H,14,15);4-6H,3,7H2,1-2H3;2-5H;4-6H2,1-3H3;1H4. The number of aromatic nitrogens is 15. The Morgan fingerprint density at radius 3 is 1.42 bits per heavy atom. The van der Waals surface area contributed by atoms with E-state index in [1.807, 2.05) is 147 Å². The zero-order chi connectivity index (χ0) is 98.7. The number of H-pyrrole nitrogens is 2. The lowest BCUT2D eigenvalue weighted by Gasteiger charge is -2.32. The van der Waals surface area contributed by atoms with Gasteiger partial charge in [0, 0.05) is 90.1 Å². The molecule has 0 saturated carbocycles. The third-order valence-electron chi connectivity index (χ3n) is 19.2. The van der Waals surface area contributed by atoms with Gasteiger partial charge in [0.1, 0.15) is 59.4 Å². The summed E-state index contributed by atoms with van der Waals surface area (Å²) in [5, 5.41) is 22.8. The van der Waals surface area contributed by atoms with Crippen molar-refractivity contribution >= 4 is 149 Å². The van der Waals surface area contributed by atoms with E-state index in [2.05, 4.69) is 172 Å². The maximum Gasteiger partial charge on any atom is 0.499 e. The van der Waals surface area contributed by atoms with Crippen LogP contribution in [-0.2, 0) is 70.3 Å². The van der Waals surface area contributed by atoms with E-state index in [-0.39, 0.29) is 45.5 Å². The monoisotopic (exact) mass is 2100 g/mol. The van der Waals surface area contributed by atoms with E-state index >= 15 is 0 Å². The number of pyridine rings is 6. The second-order valence-corrected chi connectivity index (χ2v) is 54.0. The number of aromatic amines is 2. The lowest BCUT2D eigenvalue weighted by molar-refractivity contribution is -0.153. The molecule has 134 heavy (non-hydrogen) atoms. The first-order chi connectivity index (χ1) is 62.7. The van der Waals surface area contributed by atoms with Crippen LogP contribution in [0.3, 0.4) is 0 Å². The number of carbonyl (C=O) groups is 7. The number of carbonyl (C=O) groups excluding carboxylic acids is 7. The summed E-state index contributed by atoms with van der Waals surface area (Å²) < 4.78 is 61.3. The summed E-state index contributed by atoms with van der Waals surface area (Å²) >= 11 is 15.5. The molecule has 722 valence electrons. The third kappa shape index (κ3) is 36.1. The van der Waals surface area contributed by atoms with Gasteiger partial charge in [0.25, 0.3) is 5.82 Å². The second kappa shape index (κ2) is 54.4. The zero-order valence-electron chi connectivity index (χ0n) is 79.9. The van der Waals surface area contributed by atoms with Crippen molar-refractivity contribution in [2.45, 2.75) is 212 Å². The Hall–Kier alpha value is -10.3. The van der Waals surface area contributed by atoms with Gasteiger partial charge < -0.3 is 52.0 Å². The van der Waals surface area contributed by atoms with E-state index in [1.54, 1.807) is 79.7 Å². The van der Waals surface area contributed by atoms with Crippen molar-refractivity contribution in [3.63, 3.8) is 0 Å². The Morgan fingerprint density at radius 1 is 0.507 bits per heavy atom. The number of imidazole rings is 1. The van der Waals surface area contributed by atoms with Crippen LogP contribution in [0, 0.1) is 41.2 Å². The SMILES string of the molecule is C.CCOC(=O)C(=O)CC(=O)c1cccc(C)n1.CCOC(=O)c1[nH]nc(-c2cccc(C)n2)c1Br.CCOC(=O)c1c(B2OC(C)(C)C(C)(C)O2)c(-c2cccc(C)n2)nn1COCC[Si](C)(C)C.CCOC(=O)c1c(Br)c(-c2cccc(C)n2)nn1COCC[Si](C)(C)C.CCOC(=O)c1cc(-c2cccc(C)n2)n[nH]1.C[Si](C)(C)CCOCCl.[C-]#[N+]c1cnc2ccc(Br)cn12. The van der Waals surface area contributed by atoms with E-state index in [0.717, 1.165) is 57.3 Å². The molecule has 11 aromatic rings. The average molecular weight is 2110 g/mol. The van der Waals surface area contributed by atoms with Crippen LogP contribution in [0.25, 0.3) is 56.0 Å². The number of ether oxygens (including phenoxy) is 8. The molecule has 41 heteroatoms. The van der Waals surface area contributed by atoms with E-state index in [9.17, 15) is 33.6 Å². The fourth-order valence-corrected chi connectivity index (χ4v) is 15.4. The van der Waals surface area contributed by atoms with Crippen LogP contribution in [-0.4, -0.2) is 217 Å². The van der Waals surface area contributed by atoms with Gasteiger partial charge in [-0.25, -0.2) is 42.7 Å². The van der Waals surface area contributed by atoms with Gasteiger partial charge in [0.15, 0.2) is 17.2 Å². The smallest absolute Gasteiger partial charge is 0.461 e. The predicted octanol–water partition coefficient (Wildman–Crippen LogP) is 20.1. The van der Waals surface area contributed by atoms with Gasteiger partial charge >= 0.3 is 37.0 Å². The predicted molar refractivity (Wildman–Crippen MR) is 537 cm³/mol. The van der Waals surface area contributed by atoms with Gasteiger partial charge in [-0.1, -0.05) is 115 Å². The number of nitrogens with one attached hydrogen (secondary N) is 2. The first kappa shape index (κ1) is 114. The summed E-state index contributed by atoms with van der Waals surface area (Å²) in [6.45, 7) is 57.3. The van der Waals surface area contributed by atoms with Gasteiger partial charge in [-0.3, -0.25) is 44.7 Å². The van der Waals surface area contributed by atoms with Crippen molar-refractivity contribution in [1.82, 2.24) is 74.3 Å². The molecule has 0 aromatic carbocycles. The Balaban J connectivity index is 0.000000286. The van der Waals surface area contributed by atoms with Crippen LogP contribution in [0.4, 0.5) is 5.82 Å². The first-order valence-electron chi connectivity index (χ1n) is 43.2. The summed E-state index contributed by atoms with van der Waals surface area (Å²) in [7, 11) is -4.12. The highest BCUT2D eigenvalue weighted by molar-refractivity contribution is 9.11. The first-order valence-corrected chi connectivity index (χ1v) is 57.2. The summed E-state index contributed by atoms with van der Waals surface area (Å²) in [5.74, 6) is -3.53. The Labute approximate surface area is 818 Å². The molecule has 0 spiro atoms. The van der Waals surface area contributed by atoms with Crippen molar-refractivity contribution < 1.29 is 80.8 Å². The minimum atomic E-state index is -1.26. The minimum Gasteiger partial charge on any atom is -0.461 e. The summed E-state index contributed by atoms with van der Waals surface area (Å²) in [6.07, 6.45) is 2.89. The van der Waals surface area contributed by atoms with Crippen molar-refractivity contribution in [2.75, 3.05) is 58.9 Å². The fraction of sp³-hybridized carbons (Fsp3) is 0.441. The molecule has 1 aliphatic heterocycles. The van der Waals surface area contributed by atoms with Crippen molar-refractivity contribution in [3.05, 3.63) is 203 Å². The van der Waals surface area contributed by atoms with Crippen LogP contribution in [0.1, 0.15) is 157 Å². The highest BCUT2D eigenvalue weighted by Crippen LogP contribution is 2.39. The minimum absolute atomic E-state index is 0. The summed E-state index contributed by atoms with van der Waals surface area (Å²) in [6, 6.07) is 36.6. The topological polar surface area (TPSA) is 391 Å². The van der Waals surface area contributed by atoms with Crippen molar-refractivity contribution in [2.24, 2.45) is 0 Å². The number of ketones is 2. The Morgan fingerprint density at radius 2 is 0.940 bits per heavy atom. The molecule has 12 rings (SSSR count). The number of esters is 5. The van der Waals surface area contributed by atoms with E-state index in [0.29, 0.717) is 122 Å². The molecule has 12 heterocycles. The molecule has 1 fully saturated rings. The fourth-order valence-electron chi connectivity index (χ4n) is 11.5. The molecule has 0 radical (unpaired) electrons. The number of halogens is 4. The molecule has 0 aliphatic carbocycles. The van der Waals surface area contributed by atoms with Crippen LogP contribution in [0.5, 0.6) is 0 Å². The number of rotatable bonds is 32. The quantitative estimate of drug-likeness (QED) is 0.00455. The molecule has 0 amide bonds. The summed E-state index contributed by atoms with van der Waals surface area (Å²) in [5.41, 5.74) is 10.9. The Bertz CT molecular complexity index is 5750. The van der Waals surface area contributed by atoms with Crippen LogP contribution in [0.15, 0.2) is 135 Å². The molecule has 1 aliphatic rings. The molecule has 0 bridgehead atoms. The molecule has 2 N–H and O–H groups in total. The number of nitrogens with zero attached hydrogens (tertiary/aromatic N) is 14. The number of alkyl halides is 1. The van der Waals surface area contributed by atoms with Crippen LogP contribution >= 0.6 is 59.4 Å². The van der Waals surface area contributed by atoms with E-state index in [4.69, 9.17) is 65.7 Å². The average Bonchev–Trinajstić information content (AvgIpc) is 1.58. The highest BCUT2D eigenvalue weighted by atomic mass is 79.9. The maximum absolute atomic E-state index is 13.2. The maximum atomic E-state index is 13.2. The largest absolute Gasteiger partial charge is 0.499 e. The number of hydrogen-bond acceptors (Lipinski definition) is 27. The molecular weight excluding hydrogens is 1980 g/mol. The number of fused-ring (bicyclic) bond motifs is 1. The molecule has 0 atom stereocenters. The van der Waals surface area contributed by atoms with Crippen LogP contribution in [0.2, 0.25) is 77.1 Å². The van der Waals surface area contributed by atoms with E-state index < -0.39 is 90.4 Å². The molecule has 0 unspecified atom stereocenters. The van der Waals surface area contributed by atoms with Gasteiger partial charge in [0.05, 0.1) is 99.2 Å². The highest BCUT2D eigenvalue weighted by Gasteiger charge is 2.55. The van der Waals surface area contributed by atoms with Gasteiger partial charge in [-0.2, -0.15) is 20.4 Å².